The molecule has 0 aromatic heterocycles. The minimum Gasteiger partial charge on any atom is -0.497 e. The number of ketones is 1. The maximum absolute atomic E-state index is 13.1. The molecule has 2 rings (SSSR count). The molecule has 2 aromatic carbocycles. The number of amides is 1. The number of benzene rings is 2. The number of ether oxygens (including phenoxy) is 1. The highest BCUT2D eigenvalue weighted by atomic mass is 19.1. The predicted molar refractivity (Wildman–Crippen MR) is 90.5 cm³/mol. The highest BCUT2D eigenvalue weighted by Gasteiger charge is 2.26. The highest BCUT2D eigenvalue weighted by Crippen LogP contribution is 2.16. The number of carbonyl (C=O) groups is 2. The van der Waals surface area contributed by atoms with Crippen molar-refractivity contribution in [3.05, 3.63) is 59.9 Å². The fourth-order valence-corrected chi connectivity index (χ4v) is 2.27. The van der Waals surface area contributed by atoms with E-state index in [-0.39, 0.29) is 18.7 Å². The number of nitriles is 1. The zero-order valence-corrected chi connectivity index (χ0v) is 13.7. The van der Waals surface area contributed by atoms with Gasteiger partial charge in [-0.1, -0.05) is 12.1 Å². The first-order valence-corrected chi connectivity index (χ1v) is 7.65. The first kappa shape index (κ1) is 18.1. The number of anilines is 1. The second-order valence-corrected chi connectivity index (χ2v) is 5.38. The number of aryl methyl sites for hydroxylation is 1. The third-order valence-corrected chi connectivity index (χ3v) is 3.62. The third kappa shape index (κ3) is 5.15. The van der Waals surface area contributed by atoms with Gasteiger partial charge in [0.05, 0.1) is 13.2 Å². The van der Waals surface area contributed by atoms with Crippen LogP contribution in [0.3, 0.4) is 0 Å². The summed E-state index contributed by atoms with van der Waals surface area (Å²) in [5.41, 5.74) is 1.10. The smallest absolute Gasteiger partial charge is 0.249 e. The lowest BCUT2D eigenvalue weighted by Gasteiger charge is -2.10. The zero-order valence-electron chi connectivity index (χ0n) is 13.7. The number of hydrogen-bond acceptors (Lipinski definition) is 4. The number of Topliss-reactive ketones (excluding diaryl/α,β-unsaturated/α-hetero) is 1. The molecule has 0 spiro atoms. The van der Waals surface area contributed by atoms with Crippen molar-refractivity contribution < 1.29 is 18.7 Å². The van der Waals surface area contributed by atoms with Gasteiger partial charge in [0.2, 0.25) is 5.91 Å². The minimum absolute atomic E-state index is 0.0162. The Morgan fingerprint density at radius 2 is 1.96 bits per heavy atom. The number of rotatable bonds is 7. The second-order valence-electron chi connectivity index (χ2n) is 5.38. The van der Waals surface area contributed by atoms with E-state index in [4.69, 9.17) is 10.00 Å². The van der Waals surface area contributed by atoms with Crippen molar-refractivity contribution in [1.29, 1.82) is 5.26 Å². The van der Waals surface area contributed by atoms with E-state index in [2.05, 4.69) is 5.32 Å². The largest absolute Gasteiger partial charge is 0.497 e. The molecule has 0 bridgehead atoms. The van der Waals surface area contributed by atoms with Crippen molar-refractivity contribution in [2.24, 2.45) is 5.92 Å². The zero-order chi connectivity index (χ0) is 18.2. The van der Waals surface area contributed by atoms with E-state index in [1.165, 1.54) is 19.2 Å². The summed E-state index contributed by atoms with van der Waals surface area (Å²) in [5.74, 6) is -2.36. The van der Waals surface area contributed by atoms with E-state index in [1.54, 1.807) is 42.5 Å². The standard InChI is InChI=1S/C19H17FN2O3/c1-25-16-8-6-15(7-9-16)22-19(24)17(12-21)18(23)10-5-13-3-2-4-14(20)11-13/h2-4,6-9,11,17H,5,10H2,1H3,(H,22,24). The molecule has 1 amide bonds. The third-order valence-electron chi connectivity index (χ3n) is 3.62. The molecule has 0 aliphatic carbocycles. The summed E-state index contributed by atoms with van der Waals surface area (Å²) < 4.78 is 18.1. The number of nitrogens with zero attached hydrogens (tertiary/aromatic N) is 1. The lowest BCUT2D eigenvalue weighted by atomic mass is 9.98. The van der Waals surface area contributed by atoms with Crippen molar-refractivity contribution in [3.63, 3.8) is 0 Å². The minimum atomic E-state index is -1.41. The molecule has 2 aromatic rings. The van der Waals surface area contributed by atoms with Crippen LogP contribution in [0.5, 0.6) is 5.75 Å². The normalized spacial score (nSPS) is 11.2. The Bertz CT molecular complexity index is 797. The van der Waals surface area contributed by atoms with Crippen molar-refractivity contribution in [3.8, 4) is 11.8 Å². The summed E-state index contributed by atoms with van der Waals surface area (Å²) in [6.07, 6.45) is 0.252. The molecule has 0 heterocycles. The van der Waals surface area contributed by atoms with Crippen LogP contribution in [0.1, 0.15) is 12.0 Å². The Morgan fingerprint density at radius 3 is 2.56 bits per heavy atom. The number of halogens is 1. The maximum atomic E-state index is 13.1. The summed E-state index contributed by atoms with van der Waals surface area (Å²) in [5, 5.41) is 11.7. The van der Waals surface area contributed by atoms with Crippen LogP contribution in [0.15, 0.2) is 48.5 Å². The van der Waals surface area contributed by atoms with Gasteiger partial charge >= 0.3 is 0 Å². The fraction of sp³-hybridized carbons (Fsp3) is 0.211. The fourth-order valence-electron chi connectivity index (χ4n) is 2.27. The first-order chi connectivity index (χ1) is 12.0. The van der Waals surface area contributed by atoms with Gasteiger partial charge in [0.1, 0.15) is 11.6 Å². The van der Waals surface area contributed by atoms with Gasteiger partial charge in [0.15, 0.2) is 11.7 Å². The highest BCUT2D eigenvalue weighted by molar-refractivity contribution is 6.09. The van der Waals surface area contributed by atoms with Gasteiger partial charge in [0, 0.05) is 12.1 Å². The van der Waals surface area contributed by atoms with Gasteiger partial charge in [-0.3, -0.25) is 9.59 Å². The summed E-state index contributed by atoms with van der Waals surface area (Å²) in [6, 6.07) is 14.1. The van der Waals surface area contributed by atoms with Crippen LogP contribution in [0.25, 0.3) is 0 Å². The Labute approximate surface area is 145 Å². The molecule has 0 saturated heterocycles. The second kappa shape index (κ2) is 8.60. The molecule has 0 fully saturated rings. The number of methoxy groups -OCH3 is 1. The van der Waals surface area contributed by atoms with Gasteiger partial charge in [-0.05, 0) is 48.4 Å². The SMILES string of the molecule is COc1ccc(NC(=O)C(C#N)C(=O)CCc2cccc(F)c2)cc1. The van der Waals surface area contributed by atoms with E-state index in [1.807, 2.05) is 0 Å². The van der Waals surface area contributed by atoms with Gasteiger partial charge in [-0.15, -0.1) is 0 Å². The summed E-state index contributed by atoms with van der Waals surface area (Å²) in [6.45, 7) is 0. The number of nitrogens with one attached hydrogen (secondary N) is 1. The van der Waals surface area contributed by atoms with Crippen LogP contribution in [-0.2, 0) is 16.0 Å². The van der Waals surface area contributed by atoms with E-state index >= 15 is 0 Å². The molecule has 0 aliphatic heterocycles. The summed E-state index contributed by atoms with van der Waals surface area (Å²) in [7, 11) is 1.52. The van der Waals surface area contributed by atoms with Gasteiger partial charge in [-0.25, -0.2) is 4.39 Å². The molecule has 25 heavy (non-hydrogen) atoms. The van der Waals surface area contributed by atoms with Crippen LogP contribution >= 0.6 is 0 Å². The van der Waals surface area contributed by atoms with Crippen LogP contribution in [-0.4, -0.2) is 18.8 Å². The Balaban J connectivity index is 1.96. The maximum Gasteiger partial charge on any atom is 0.249 e. The van der Waals surface area contributed by atoms with Crippen molar-refractivity contribution >= 4 is 17.4 Å². The van der Waals surface area contributed by atoms with Crippen LogP contribution in [0, 0.1) is 23.1 Å². The van der Waals surface area contributed by atoms with Crippen LogP contribution in [0.2, 0.25) is 0 Å². The molecule has 0 radical (unpaired) electrons. The molecule has 1 unspecified atom stereocenters. The number of carbonyl (C=O) groups excluding carboxylic acids is 2. The van der Waals surface area contributed by atoms with Crippen LogP contribution in [0.4, 0.5) is 10.1 Å². The first-order valence-electron chi connectivity index (χ1n) is 7.65. The molecular formula is C19H17FN2O3. The molecular weight excluding hydrogens is 323 g/mol. The predicted octanol–water partition coefficient (Wildman–Crippen LogP) is 3.11. The van der Waals surface area contributed by atoms with Crippen molar-refractivity contribution in [1.82, 2.24) is 0 Å². The molecule has 6 heteroatoms. The average Bonchev–Trinajstić information content (AvgIpc) is 2.61. The molecule has 128 valence electrons. The quantitative estimate of drug-likeness (QED) is 0.786. The monoisotopic (exact) mass is 340 g/mol. The molecule has 0 aliphatic rings. The van der Waals surface area contributed by atoms with E-state index in [0.717, 1.165) is 0 Å². The van der Waals surface area contributed by atoms with Crippen LogP contribution < -0.4 is 10.1 Å². The summed E-state index contributed by atoms with van der Waals surface area (Å²) >= 11 is 0. The van der Waals surface area contributed by atoms with E-state index in [0.29, 0.717) is 17.0 Å². The molecule has 1 N–H and O–H groups in total. The average molecular weight is 340 g/mol. The van der Waals surface area contributed by atoms with E-state index < -0.39 is 17.6 Å². The lowest BCUT2D eigenvalue weighted by Crippen LogP contribution is -2.28. The molecule has 1 atom stereocenters. The number of hydrogen-bond donors (Lipinski definition) is 1. The van der Waals surface area contributed by atoms with E-state index in [9.17, 15) is 14.0 Å². The Morgan fingerprint density at radius 1 is 1.24 bits per heavy atom. The van der Waals surface area contributed by atoms with Gasteiger partial charge in [0.25, 0.3) is 0 Å². The lowest BCUT2D eigenvalue weighted by molar-refractivity contribution is -0.128. The summed E-state index contributed by atoms with van der Waals surface area (Å²) in [4.78, 5) is 24.3. The topological polar surface area (TPSA) is 79.2 Å². The van der Waals surface area contributed by atoms with Crippen molar-refractivity contribution in [2.75, 3.05) is 12.4 Å². The Hall–Kier alpha value is -3.20. The van der Waals surface area contributed by atoms with Gasteiger partial charge < -0.3 is 10.1 Å². The van der Waals surface area contributed by atoms with Crippen molar-refractivity contribution in [2.45, 2.75) is 12.8 Å². The Kier molecular flexibility index (Phi) is 6.24. The molecule has 0 saturated carbocycles. The molecule has 5 nitrogen and oxygen atoms in total. The van der Waals surface area contributed by atoms with Gasteiger partial charge in [-0.2, -0.15) is 5.26 Å².